The monoisotopic (exact) mass is 577 g/mol. The Hall–Kier alpha value is -3.41. The summed E-state index contributed by atoms with van der Waals surface area (Å²) in [5.41, 5.74) is 3.98. The summed E-state index contributed by atoms with van der Waals surface area (Å²) in [6, 6.07) is 5.55. The number of rotatable bonds is 4. The summed E-state index contributed by atoms with van der Waals surface area (Å²) < 4.78 is 108. The molecule has 0 saturated heterocycles. The zero-order valence-electron chi connectivity index (χ0n) is 19.9. The van der Waals surface area contributed by atoms with Gasteiger partial charge < -0.3 is 11.1 Å². The third kappa shape index (κ3) is 6.26. The molecular formula is C26H20ClF8N3O. The van der Waals surface area contributed by atoms with Crippen LogP contribution in [0.2, 0.25) is 5.02 Å². The van der Waals surface area contributed by atoms with Crippen LogP contribution in [0, 0.1) is 17.6 Å². The average Bonchev–Trinajstić information content (AvgIpc) is 2.84. The van der Waals surface area contributed by atoms with Crippen molar-refractivity contribution in [3.8, 4) is 11.1 Å². The molecule has 3 aromatic rings. The van der Waals surface area contributed by atoms with Crippen molar-refractivity contribution in [3.63, 3.8) is 0 Å². The summed E-state index contributed by atoms with van der Waals surface area (Å²) >= 11 is 6.25. The number of carbonyl (C=O) groups is 1. The van der Waals surface area contributed by atoms with Crippen LogP contribution in [-0.2, 0) is 6.18 Å². The van der Waals surface area contributed by atoms with Crippen molar-refractivity contribution in [2.24, 2.45) is 5.92 Å². The molecule has 1 fully saturated rings. The number of aromatic nitrogens is 1. The predicted octanol–water partition coefficient (Wildman–Crippen LogP) is 8.37. The highest BCUT2D eigenvalue weighted by Crippen LogP contribution is 2.47. The topological polar surface area (TPSA) is 68.0 Å². The first-order valence-corrected chi connectivity index (χ1v) is 12.0. The van der Waals surface area contributed by atoms with Gasteiger partial charge in [-0.05, 0) is 73.6 Å². The molecule has 0 unspecified atom stereocenters. The van der Waals surface area contributed by atoms with E-state index in [1.165, 1.54) is 0 Å². The number of alkyl halides is 6. The highest BCUT2D eigenvalue weighted by Gasteiger charge is 2.42. The summed E-state index contributed by atoms with van der Waals surface area (Å²) in [7, 11) is 0. The van der Waals surface area contributed by atoms with Crippen LogP contribution in [0.3, 0.4) is 0 Å². The quantitative estimate of drug-likeness (QED) is 0.242. The van der Waals surface area contributed by atoms with Gasteiger partial charge in [-0.1, -0.05) is 11.6 Å². The number of amides is 1. The van der Waals surface area contributed by atoms with Crippen molar-refractivity contribution in [1.29, 1.82) is 0 Å². The summed E-state index contributed by atoms with van der Waals surface area (Å²) in [5.74, 6) is -4.78. The number of nitrogens with two attached hydrogens (primary N) is 1. The van der Waals surface area contributed by atoms with Crippen LogP contribution in [0.5, 0.6) is 0 Å². The molecule has 4 nitrogen and oxygen atoms in total. The van der Waals surface area contributed by atoms with Crippen molar-refractivity contribution in [1.82, 2.24) is 4.98 Å². The van der Waals surface area contributed by atoms with Gasteiger partial charge in [0.2, 0.25) is 0 Å². The summed E-state index contributed by atoms with van der Waals surface area (Å²) in [6.07, 6.45) is -8.50. The smallest absolute Gasteiger partial charge is 0.398 e. The summed E-state index contributed by atoms with van der Waals surface area (Å²) in [6.45, 7) is 0. The summed E-state index contributed by atoms with van der Waals surface area (Å²) in [5, 5.41) is 1.91. The van der Waals surface area contributed by atoms with Crippen molar-refractivity contribution < 1.29 is 39.9 Å². The zero-order valence-corrected chi connectivity index (χ0v) is 20.6. The minimum atomic E-state index is -4.76. The Morgan fingerprint density at radius 2 is 1.64 bits per heavy atom. The Morgan fingerprint density at radius 1 is 0.974 bits per heavy atom. The lowest BCUT2D eigenvalue weighted by atomic mass is 9.76. The van der Waals surface area contributed by atoms with Crippen LogP contribution in [0.15, 0.2) is 42.6 Å². The number of nitrogens with one attached hydrogen (secondary N) is 1. The Labute approximate surface area is 222 Å². The van der Waals surface area contributed by atoms with Gasteiger partial charge in [0.1, 0.15) is 17.3 Å². The first kappa shape index (κ1) is 28.6. The average molecular weight is 578 g/mol. The second kappa shape index (κ2) is 10.6. The van der Waals surface area contributed by atoms with E-state index in [-0.39, 0.29) is 58.8 Å². The van der Waals surface area contributed by atoms with Crippen LogP contribution in [0.4, 0.5) is 46.5 Å². The molecule has 39 heavy (non-hydrogen) atoms. The number of benzene rings is 2. The molecule has 0 bridgehead atoms. The lowest BCUT2D eigenvalue weighted by Crippen LogP contribution is -2.27. The molecular weight excluding hydrogens is 558 g/mol. The molecule has 1 aromatic heterocycles. The largest absolute Gasteiger partial charge is 0.433 e. The fourth-order valence-corrected chi connectivity index (χ4v) is 5.04. The molecule has 0 spiro atoms. The first-order chi connectivity index (χ1) is 18.1. The maximum atomic E-state index is 15.4. The summed E-state index contributed by atoms with van der Waals surface area (Å²) in [4.78, 5) is 15.9. The Balaban J connectivity index is 1.66. The fraction of sp³-hybridized carbons (Fsp3) is 0.308. The van der Waals surface area contributed by atoms with Gasteiger partial charge >= 0.3 is 12.4 Å². The van der Waals surface area contributed by atoms with Crippen LogP contribution in [0.25, 0.3) is 11.1 Å². The minimum absolute atomic E-state index is 0.0437. The molecule has 1 heterocycles. The van der Waals surface area contributed by atoms with E-state index in [0.717, 1.165) is 36.5 Å². The van der Waals surface area contributed by atoms with Gasteiger partial charge in [0.05, 0.1) is 16.5 Å². The van der Waals surface area contributed by atoms with Crippen molar-refractivity contribution in [2.75, 3.05) is 11.1 Å². The van der Waals surface area contributed by atoms with Gasteiger partial charge in [0.25, 0.3) is 5.91 Å². The highest BCUT2D eigenvalue weighted by atomic mass is 35.5. The SMILES string of the molecule is Nc1cc(F)cc(C2CCC(C(F)(F)F)CC2)c1-c1cc(Cl)c(C(=O)Nc2ccnc(C(F)(F)F)c2)cc1F. The van der Waals surface area contributed by atoms with Crippen molar-refractivity contribution in [3.05, 3.63) is 76.1 Å². The molecule has 0 atom stereocenters. The van der Waals surface area contributed by atoms with E-state index in [0.29, 0.717) is 6.07 Å². The van der Waals surface area contributed by atoms with E-state index in [1.807, 2.05) is 0 Å². The number of nitrogens with zero attached hydrogens (tertiary/aromatic N) is 1. The Morgan fingerprint density at radius 3 is 2.26 bits per heavy atom. The van der Waals surface area contributed by atoms with Crippen LogP contribution in [0.1, 0.15) is 53.2 Å². The molecule has 4 rings (SSSR count). The molecule has 0 aliphatic heterocycles. The number of pyridine rings is 1. The Kier molecular flexibility index (Phi) is 7.79. The molecule has 1 saturated carbocycles. The van der Waals surface area contributed by atoms with Crippen LogP contribution < -0.4 is 11.1 Å². The lowest BCUT2D eigenvalue weighted by Gasteiger charge is -2.31. The van der Waals surface area contributed by atoms with Gasteiger partial charge in [-0.25, -0.2) is 8.78 Å². The molecule has 1 amide bonds. The van der Waals surface area contributed by atoms with Crippen molar-refractivity contribution in [2.45, 2.75) is 44.0 Å². The second-order valence-electron chi connectivity index (χ2n) is 9.24. The molecule has 0 radical (unpaired) electrons. The van der Waals surface area contributed by atoms with Crippen LogP contribution >= 0.6 is 11.6 Å². The maximum absolute atomic E-state index is 15.4. The fourth-order valence-electron chi connectivity index (χ4n) is 4.79. The third-order valence-corrected chi connectivity index (χ3v) is 6.99. The molecule has 3 N–H and O–H groups in total. The molecule has 13 heteroatoms. The minimum Gasteiger partial charge on any atom is -0.398 e. The van der Waals surface area contributed by atoms with Gasteiger partial charge in [0, 0.05) is 28.7 Å². The third-order valence-electron chi connectivity index (χ3n) is 6.67. The van der Waals surface area contributed by atoms with E-state index in [4.69, 9.17) is 17.3 Å². The normalized spacial score (nSPS) is 18.2. The standard InChI is InChI=1S/C26H20ClF8N3O/c27-19-10-18(20(29)11-17(19)24(39)38-15-5-6-37-22(9-15)26(33,34)35)23-16(7-14(28)8-21(23)36)12-1-3-13(4-2-12)25(30,31)32/h5-13H,1-4,36H2,(H,37,38,39). The number of carbonyl (C=O) groups excluding carboxylic acids is 1. The number of halogens is 9. The lowest BCUT2D eigenvalue weighted by molar-refractivity contribution is -0.182. The number of nitrogen functional groups attached to an aromatic ring is 1. The number of hydrogen-bond acceptors (Lipinski definition) is 3. The van der Waals surface area contributed by atoms with E-state index in [2.05, 4.69) is 10.3 Å². The molecule has 1 aliphatic carbocycles. The van der Waals surface area contributed by atoms with Gasteiger partial charge in [-0.15, -0.1) is 0 Å². The Bertz CT molecular complexity index is 1400. The van der Waals surface area contributed by atoms with Gasteiger partial charge in [0.15, 0.2) is 0 Å². The van der Waals surface area contributed by atoms with E-state index < -0.39 is 53.0 Å². The van der Waals surface area contributed by atoms with Gasteiger partial charge in [-0.2, -0.15) is 26.3 Å². The van der Waals surface area contributed by atoms with E-state index in [1.54, 1.807) is 0 Å². The number of anilines is 2. The predicted molar refractivity (Wildman–Crippen MR) is 129 cm³/mol. The molecule has 2 aromatic carbocycles. The van der Waals surface area contributed by atoms with E-state index in [9.17, 15) is 35.5 Å². The molecule has 1 aliphatic rings. The van der Waals surface area contributed by atoms with E-state index >= 15 is 4.39 Å². The maximum Gasteiger partial charge on any atom is 0.433 e. The zero-order chi connectivity index (χ0) is 28.7. The van der Waals surface area contributed by atoms with Crippen LogP contribution in [-0.4, -0.2) is 17.1 Å². The highest BCUT2D eigenvalue weighted by molar-refractivity contribution is 6.34. The van der Waals surface area contributed by atoms with Gasteiger partial charge in [-0.3, -0.25) is 9.78 Å². The molecule has 208 valence electrons. The second-order valence-corrected chi connectivity index (χ2v) is 9.65. The first-order valence-electron chi connectivity index (χ1n) is 11.6. The van der Waals surface area contributed by atoms with Crippen molar-refractivity contribution >= 4 is 28.9 Å². The number of hydrogen-bond donors (Lipinski definition) is 2.